The van der Waals surface area contributed by atoms with E-state index in [1.807, 2.05) is 13.0 Å². The summed E-state index contributed by atoms with van der Waals surface area (Å²) >= 11 is 0. The van der Waals surface area contributed by atoms with Crippen LogP contribution in [0.2, 0.25) is 0 Å². The summed E-state index contributed by atoms with van der Waals surface area (Å²) in [4.78, 5) is 6.59. The zero-order chi connectivity index (χ0) is 13.0. The molecule has 1 saturated heterocycles. The van der Waals surface area contributed by atoms with E-state index in [2.05, 4.69) is 16.0 Å². The first kappa shape index (κ1) is 12.8. The number of aromatic nitrogens is 1. The van der Waals surface area contributed by atoms with E-state index in [9.17, 15) is 5.26 Å². The van der Waals surface area contributed by atoms with E-state index in [4.69, 9.17) is 5.11 Å². The van der Waals surface area contributed by atoms with Gasteiger partial charge in [0.25, 0.3) is 0 Å². The first-order valence-corrected chi connectivity index (χ1v) is 6.51. The second kappa shape index (κ2) is 5.83. The van der Waals surface area contributed by atoms with Crippen molar-refractivity contribution in [3.8, 4) is 6.07 Å². The van der Waals surface area contributed by atoms with Gasteiger partial charge in [0.15, 0.2) is 0 Å². The molecule has 0 aromatic carbocycles. The van der Waals surface area contributed by atoms with Gasteiger partial charge in [-0.25, -0.2) is 4.98 Å². The van der Waals surface area contributed by atoms with Crippen LogP contribution in [0.4, 0.5) is 5.82 Å². The number of piperidine rings is 1. The standard InChI is InChI=1S/C14H19N3O/c1-11-5-7-16-14(13(11)10-15)17-8-3-2-4-12(17)6-9-18/h5,7,12,18H,2-4,6,8-9H2,1H3. The molecule has 0 spiro atoms. The molecule has 18 heavy (non-hydrogen) atoms. The zero-order valence-corrected chi connectivity index (χ0v) is 10.8. The lowest BCUT2D eigenvalue weighted by Crippen LogP contribution is -2.41. The summed E-state index contributed by atoms with van der Waals surface area (Å²) in [6.45, 7) is 3.05. The third-order valence-corrected chi connectivity index (χ3v) is 3.61. The van der Waals surface area contributed by atoms with Gasteiger partial charge in [-0.15, -0.1) is 0 Å². The minimum atomic E-state index is 0.189. The Hall–Kier alpha value is -1.60. The van der Waals surface area contributed by atoms with Gasteiger partial charge in [0.05, 0.1) is 5.56 Å². The maximum absolute atomic E-state index is 9.28. The Morgan fingerprint density at radius 1 is 1.56 bits per heavy atom. The molecule has 96 valence electrons. The summed E-state index contributed by atoms with van der Waals surface area (Å²) in [7, 11) is 0. The number of pyridine rings is 1. The fourth-order valence-electron chi connectivity index (χ4n) is 2.63. The van der Waals surface area contributed by atoms with Crippen LogP contribution < -0.4 is 4.90 Å². The summed E-state index contributed by atoms with van der Waals surface area (Å²) < 4.78 is 0. The van der Waals surface area contributed by atoms with Crippen molar-refractivity contribution in [2.75, 3.05) is 18.1 Å². The van der Waals surface area contributed by atoms with Gasteiger partial charge >= 0.3 is 0 Å². The molecule has 1 N–H and O–H groups in total. The normalized spacial score (nSPS) is 19.6. The molecule has 1 unspecified atom stereocenters. The molecule has 1 atom stereocenters. The molecule has 1 aliphatic rings. The smallest absolute Gasteiger partial charge is 0.146 e. The van der Waals surface area contributed by atoms with Crippen molar-refractivity contribution >= 4 is 5.82 Å². The average Bonchev–Trinajstić information content (AvgIpc) is 2.39. The van der Waals surface area contributed by atoms with Crippen LogP contribution in [-0.4, -0.2) is 29.3 Å². The molecule has 2 rings (SSSR count). The van der Waals surface area contributed by atoms with Crippen molar-refractivity contribution in [2.24, 2.45) is 0 Å². The summed E-state index contributed by atoms with van der Waals surface area (Å²) in [6.07, 6.45) is 5.90. The predicted molar refractivity (Wildman–Crippen MR) is 70.4 cm³/mol. The molecule has 4 nitrogen and oxygen atoms in total. The highest BCUT2D eigenvalue weighted by atomic mass is 16.3. The average molecular weight is 245 g/mol. The zero-order valence-electron chi connectivity index (χ0n) is 10.8. The number of nitrogens with zero attached hydrogens (tertiary/aromatic N) is 3. The monoisotopic (exact) mass is 245 g/mol. The molecule has 0 saturated carbocycles. The van der Waals surface area contributed by atoms with Gasteiger partial charge < -0.3 is 10.0 Å². The van der Waals surface area contributed by atoms with Crippen LogP contribution in [-0.2, 0) is 0 Å². The third-order valence-electron chi connectivity index (χ3n) is 3.61. The molecule has 2 heterocycles. The van der Waals surface area contributed by atoms with Crippen LogP contribution >= 0.6 is 0 Å². The Morgan fingerprint density at radius 2 is 2.39 bits per heavy atom. The van der Waals surface area contributed by atoms with E-state index in [1.54, 1.807) is 6.20 Å². The van der Waals surface area contributed by atoms with E-state index < -0.39 is 0 Å². The molecule has 0 bridgehead atoms. The number of hydrogen-bond donors (Lipinski definition) is 1. The number of aryl methyl sites for hydroxylation is 1. The van der Waals surface area contributed by atoms with Crippen LogP contribution in [0, 0.1) is 18.3 Å². The van der Waals surface area contributed by atoms with E-state index >= 15 is 0 Å². The molecule has 0 amide bonds. The van der Waals surface area contributed by atoms with Gasteiger partial charge in [-0.2, -0.15) is 5.26 Å². The fraction of sp³-hybridized carbons (Fsp3) is 0.571. The third kappa shape index (κ3) is 2.46. The predicted octanol–water partition coefficient (Wildman–Crippen LogP) is 2.00. The van der Waals surface area contributed by atoms with Crippen molar-refractivity contribution in [3.05, 3.63) is 23.4 Å². The summed E-state index contributed by atoms with van der Waals surface area (Å²) in [5.74, 6) is 0.788. The molecule has 0 radical (unpaired) electrons. The minimum absolute atomic E-state index is 0.189. The van der Waals surface area contributed by atoms with Gasteiger partial charge in [0.2, 0.25) is 0 Å². The number of anilines is 1. The molecule has 0 aliphatic carbocycles. The second-order valence-electron chi connectivity index (χ2n) is 4.79. The number of hydrogen-bond acceptors (Lipinski definition) is 4. The van der Waals surface area contributed by atoms with Crippen molar-refractivity contribution in [1.82, 2.24) is 4.98 Å². The van der Waals surface area contributed by atoms with Gasteiger partial charge in [-0.3, -0.25) is 0 Å². The van der Waals surface area contributed by atoms with Crippen molar-refractivity contribution in [3.63, 3.8) is 0 Å². The Morgan fingerprint density at radius 3 is 3.11 bits per heavy atom. The van der Waals surface area contributed by atoms with Crippen molar-refractivity contribution in [1.29, 1.82) is 5.26 Å². The Bertz CT molecular complexity index is 451. The van der Waals surface area contributed by atoms with E-state index in [0.29, 0.717) is 11.6 Å². The Labute approximate surface area is 108 Å². The molecule has 4 heteroatoms. The van der Waals surface area contributed by atoms with Crippen LogP contribution in [0.1, 0.15) is 36.8 Å². The first-order valence-electron chi connectivity index (χ1n) is 6.51. The maximum atomic E-state index is 9.28. The lowest BCUT2D eigenvalue weighted by molar-refractivity contribution is 0.262. The first-order chi connectivity index (χ1) is 8.77. The van der Waals surface area contributed by atoms with E-state index in [-0.39, 0.29) is 6.61 Å². The summed E-state index contributed by atoms with van der Waals surface area (Å²) in [6, 6.07) is 4.44. The van der Waals surface area contributed by atoms with Gasteiger partial charge in [0.1, 0.15) is 11.9 Å². The maximum Gasteiger partial charge on any atom is 0.146 e. The topological polar surface area (TPSA) is 60.1 Å². The highest BCUT2D eigenvalue weighted by Crippen LogP contribution is 2.28. The number of rotatable bonds is 3. The van der Waals surface area contributed by atoms with Crippen LogP contribution in [0.15, 0.2) is 12.3 Å². The largest absolute Gasteiger partial charge is 0.396 e. The summed E-state index contributed by atoms with van der Waals surface area (Å²) in [5, 5.41) is 18.4. The number of aliphatic hydroxyl groups is 1. The molecular formula is C14H19N3O. The molecular weight excluding hydrogens is 226 g/mol. The van der Waals surface area contributed by atoms with E-state index in [0.717, 1.165) is 37.2 Å². The van der Waals surface area contributed by atoms with Gasteiger partial charge in [-0.05, 0) is 44.2 Å². The van der Waals surface area contributed by atoms with Crippen molar-refractivity contribution < 1.29 is 5.11 Å². The van der Waals surface area contributed by atoms with Gasteiger partial charge in [0, 0.05) is 25.4 Å². The highest BCUT2D eigenvalue weighted by Gasteiger charge is 2.25. The number of nitriles is 1. The number of aliphatic hydroxyl groups excluding tert-OH is 1. The molecule has 1 aromatic rings. The second-order valence-corrected chi connectivity index (χ2v) is 4.79. The molecule has 1 fully saturated rings. The van der Waals surface area contributed by atoms with Crippen molar-refractivity contribution in [2.45, 2.75) is 38.6 Å². The van der Waals surface area contributed by atoms with Crippen LogP contribution in [0.5, 0.6) is 0 Å². The molecule has 1 aliphatic heterocycles. The molecule has 1 aromatic heterocycles. The van der Waals surface area contributed by atoms with Gasteiger partial charge in [-0.1, -0.05) is 0 Å². The lowest BCUT2D eigenvalue weighted by atomic mass is 9.98. The fourth-order valence-corrected chi connectivity index (χ4v) is 2.63. The van der Waals surface area contributed by atoms with Crippen LogP contribution in [0.25, 0.3) is 0 Å². The Balaban J connectivity index is 2.34. The quantitative estimate of drug-likeness (QED) is 0.884. The SMILES string of the molecule is Cc1ccnc(N2CCCCC2CCO)c1C#N. The van der Waals surface area contributed by atoms with Crippen LogP contribution in [0.3, 0.4) is 0 Å². The Kier molecular flexibility index (Phi) is 4.16. The highest BCUT2D eigenvalue weighted by molar-refractivity contribution is 5.57. The van der Waals surface area contributed by atoms with E-state index in [1.165, 1.54) is 6.42 Å². The summed E-state index contributed by atoms with van der Waals surface area (Å²) in [5.41, 5.74) is 1.64. The lowest BCUT2D eigenvalue weighted by Gasteiger charge is -2.37. The minimum Gasteiger partial charge on any atom is -0.396 e.